The fourth-order valence-electron chi connectivity index (χ4n) is 1.85. The molecule has 0 amide bonds. The van der Waals surface area contributed by atoms with Crippen molar-refractivity contribution in [2.24, 2.45) is 0 Å². The molecule has 5 heteroatoms. The first kappa shape index (κ1) is 12.7. The summed E-state index contributed by atoms with van der Waals surface area (Å²) < 4.78 is 5.60. The van der Waals surface area contributed by atoms with Gasteiger partial charge in [0.15, 0.2) is 0 Å². The Morgan fingerprint density at radius 2 is 1.89 bits per heavy atom. The highest BCUT2D eigenvalue weighted by atomic mass is 35.5. The first-order valence-electron chi connectivity index (χ1n) is 5.76. The van der Waals surface area contributed by atoms with Crippen molar-refractivity contribution in [1.29, 1.82) is 0 Å². The monoisotopic (exact) mass is 308 g/mol. The lowest BCUT2D eigenvalue weighted by atomic mass is 10.2. The topological polar surface area (TPSA) is 24.9 Å². The second-order valence-corrected chi connectivity index (χ2v) is 5.75. The van der Waals surface area contributed by atoms with E-state index in [2.05, 4.69) is 21.8 Å². The van der Waals surface area contributed by atoms with Gasteiger partial charge in [0.2, 0.25) is 0 Å². The van der Waals surface area contributed by atoms with Crippen molar-refractivity contribution in [3.63, 3.8) is 0 Å². The maximum Gasteiger partial charge on any atom is 0.147 e. The molecule has 1 N–H and O–H groups in total. The third kappa shape index (κ3) is 2.68. The number of fused-ring (bicyclic) bond motifs is 1. The van der Waals surface area contributed by atoms with E-state index in [0.29, 0.717) is 16.6 Å². The lowest BCUT2D eigenvalue weighted by molar-refractivity contribution is 1.14. The van der Waals surface area contributed by atoms with E-state index >= 15 is 0 Å². The predicted octanol–water partition coefficient (Wildman–Crippen LogP) is 5.22. The zero-order valence-electron chi connectivity index (χ0n) is 9.86. The summed E-state index contributed by atoms with van der Waals surface area (Å²) in [4.78, 5) is 0. The Balaban J connectivity index is 1.80. The zero-order valence-corrected chi connectivity index (χ0v) is 12.2. The van der Waals surface area contributed by atoms with Crippen LogP contribution in [0.25, 0.3) is 10.1 Å². The van der Waals surface area contributed by atoms with Gasteiger partial charge in [0.1, 0.15) is 5.82 Å². The Morgan fingerprint density at radius 1 is 1.05 bits per heavy atom. The Hall–Kier alpha value is -1.29. The molecular formula is C14H10Cl2N2S. The van der Waals surface area contributed by atoms with Crippen molar-refractivity contribution in [2.45, 2.75) is 6.54 Å². The van der Waals surface area contributed by atoms with Crippen LogP contribution in [0.3, 0.4) is 0 Å². The Bertz CT molecular complexity index is 724. The summed E-state index contributed by atoms with van der Waals surface area (Å²) in [5, 5.41) is 5.62. The van der Waals surface area contributed by atoms with Crippen molar-refractivity contribution >= 4 is 50.6 Å². The van der Waals surface area contributed by atoms with E-state index in [1.54, 1.807) is 6.07 Å². The van der Waals surface area contributed by atoms with Crippen molar-refractivity contribution < 1.29 is 0 Å². The molecule has 2 nitrogen and oxygen atoms in total. The molecule has 0 atom stereocenters. The van der Waals surface area contributed by atoms with E-state index in [0.717, 1.165) is 16.8 Å². The van der Waals surface area contributed by atoms with Gasteiger partial charge in [0, 0.05) is 11.9 Å². The number of halogens is 2. The molecule has 0 aliphatic rings. The molecule has 1 aromatic heterocycles. The number of hydrogen-bond acceptors (Lipinski definition) is 3. The average Bonchev–Trinajstić information content (AvgIpc) is 2.83. The molecule has 0 saturated carbocycles. The molecule has 19 heavy (non-hydrogen) atoms. The van der Waals surface area contributed by atoms with Gasteiger partial charge in [-0.25, -0.2) is 0 Å². The fourth-order valence-corrected chi connectivity index (χ4v) is 2.92. The molecule has 3 rings (SSSR count). The van der Waals surface area contributed by atoms with E-state index in [9.17, 15) is 0 Å². The van der Waals surface area contributed by atoms with Crippen LogP contribution in [-0.4, -0.2) is 4.37 Å². The molecule has 0 aliphatic carbocycles. The molecule has 96 valence electrons. The van der Waals surface area contributed by atoms with E-state index in [1.807, 2.05) is 24.3 Å². The van der Waals surface area contributed by atoms with Crippen LogP contribution < -0.4 is 5.32 Å². The Labute approximate surface area is 125 Å². The van der Waals surface area contributed by atoms with Crippen LogP contribution in [0.2, 0.25) is 10.0 Å². The molecule has 0 radical (unpaired) electrons. The molecule has 1 heterocycles. The maximum absolute atomic E-state index is 6.00. The Kier molecular flexibility index (Phi) is 3.60. The van der Waals surface area contributed by atoms with Gasteiger partial charge in [-0.15, -0.1) is 0 Å². The Morgan fingerprint density at radius 3 is 2.74 bits per heavy atom. The molecule has 0 bridgehead atoms. The number of rotatable bonds is 3. The second-order valence-electron chi connectivity index (χ2n) is 4.13. The maximum atomic E-state index is 6.00. The molecule has 0 fully saturated rings. The molecule has 0 aliphatic heterocycles. The smallest absolute Gasteiger partial charge is 0.147 e. The minimum atomic E-state index is 0.573. The molecule has 0 spiro atoms. The quantitative estimate of drug-likeness (QED) is 0.718. The van der Waals surface area contributed by atoms with Gasteiger partial charge in [-0.3, -0.25) is 0 Å². The zero-order chi connectivity index (χ0) is 13.2. The molecule has 3 aromatic rings. The predicted molar refractivity (Wildman–Crippen MR) is 83.4 cm³/mol. The summed E-state index contributed by atoms with van der Waals surface area (Å²) in [6.45, 7) is 0.671. The highest BCUT2D eigenvalue weighted by Crippen LogP contribution is 2.27. The lowest BCUT2D eigenvalue weighted by Crippen LogP contribution is -1.99. The molecule has 0 unspecified atom stereocenters. The summed E-state index contributed by atoms with van der Waals surface area (Å²) >= 11 is 13.4. The van der Waals surface area contributed by atoms with Gasteiger partial charge in [-0.1, -0.05) is 41.4 Å². The van der Waals surface area contributed by atoms with Gasteiger partial charge < -0.3 is 5.32 Å². The van der Waals surface area contributed by atoms with Crippen LogP contribution in [0.4, 0.5) is 5.82 Å². The number of aromatic nitrogens is 1. The van der Waals surface area contributed by atoms with Gasteiger partial charge in [0.25, 0.3) is 0 Å². The first-order valence-corrected chi connectivity index (χ1v) is 7.29. The van der Waals surface area contributed by atoms with Crippen LogP contribution in [0.5, 0.6) is 0 Å². The minimum absolute atomic E-state index is 0.573. The second kappa shape index (κ2) is 5.37. The summed E-state index contributed by atoms with van der Waals surface area (Å²) in [5.74, 6) is 0.909. The highest BCUT2D eigenvalue weighted by molar-refractivity contribution is 7.13. The minimum Gasteiger partial charge on any atom is -0.365 e. The first-order chi connectivity index (χ1) is 9.24. The largest absolute Gasteiger partial charge is 0.365 e. The SMILES string of the molecule is Clc1ccc(CNc2nsc3ccccc23)cc1Cl. The number of benzene rings is 2. The average molecular weight is 309 g/mol. The molecule has 2 aromatic carbocycles. The van der Waals surface area contributed by atoms with Crippen molar-refractivity contribution in [3.05, 3.63) is 58.1 Å². The van der Waals surface area contributed by atoms with E-state index < -0.39 is 0 Å². The van der Waals surface area contributed by atoms with Crippen LogP contribution in [-0.2, 0) is 6.54 Å². The van der Waals surface area contributed by atoms with Crippen LogP contribution in [0.1, 0.15) is 5.56 Å². The third-order valence-corrected chi connectivity index (χ3v) is 4.39. The lowest BCUT2D eigenvalue weighted by Gasteiger charge is -2.05. The highest BCUT2D eigenvalue weighted by Gasteiger charge is 2.05. The van der Waals surface area contributed by atoms with Gasteiger partial charge in [-0.05, 0) is 41.4 Å². The van der Waals surface area contributed by atoms with Gasteiger partial charge >= 0.3 is 0 Å². The summed E-state index contributed by atoms with van der Waals surface area (Å²) in [6, 6.07) is 13.8. The van der Waals surface area contributed by atoms with Crippen molar-refractivity contribution in [1.82, 2.24) is 4.37 Å². The van der Waals surface area contributed by atoms with Gasteiger partial charge in [0.05, 0.1) is 14.7 Å². The number of nitrogens with one attached hydrogen (secondary N) is 1. The standard InChI is InChI=1S/C14H10Cl2N2S/c15-11-6-5-9(7-12(11)16)8-17-14-10-3-1-2-4-13(10)19-18-14/h1-7H,8H2,(H,17,18). The number of anilines is 1. The summed E-state index contributed by atoms with van der Waals surface area (Å²) in [5.41, 5.74) is 1.08. The van der Waals surface area contributed by atoms with Crippen molar-refractivity contribution in [3.8, 4) is 0 Å². The number of nitrogens with zero attached hydrogens (tertiary/aromatic N) is 1. The van der Waals surface area contributed by atoms with Crippen LogP contribution in [0, 0.1) is 0 Å². The summed E-state index contributed by atoms with van der Waals surface area (Å²) in [7, 11) is 0. The summed E-state index contributed by atoms with van der Waals surface area (Å²) in [6.07, 6.45) is 0. The molecule has 0 saturated heterocycles. The van der Waals surface area contributed by atoms with Gasteiger partial charge in [-0.2, -0.15) is 4.37 Å². The number of hydrogen-bond donors (Lipinski definition) is 1. The third-order valence-electron chi connectivity index (χ3n) is 2.82. The normalized spacial score (nSPS) is 10.8. The van der Waals surface area contributed by atoms with E-state index in [1.165, 1.54) is 16.2 Å². The molecular weight excluding hydrogens is 299 g/mol. The van der Waals surface area contributed by atoms with Crippen LogP contribution in [0.15, 0.2) is 42.5 Å². The van der Waals surface area contributed by atoms with E-state index in [-0.39, 0.29) is 0 Å². The van der Waals surface area contributed by atoms with Crippen molar-refractivity contribution in [2.75, 3.05) is 5.32 Å². The van der Waals surface area contributed by atoms with E-state index in [4.69, 9.17) is 23.2 Å². The van der Waals surface area contributed by atoms with Crippen LogP contribution >= 0.6 is 34.7 Å². The fraction of sp³-hybridized carbons (Fsp3) is 0.0714.